The minimum Gasteiger partial charge on any atom is -0.481 e. The minimum atomic E-state index is -0.659. The predicted molar refractivity (Wildman–Crippen MR) is 119 cm³/mol. The molecule has 0 amide bonds. The largest absolute Gasteiger partial charge is 0.481 e. The Bertz CT molecular complexity index is 322. The maximum Gasteiger partial charge on any atom is 0.303 e. The Morgan fingerprint density at radius 1 is 0.556 bits per heavy atom. The van der Waals surface area contributed by atoms with Gasteiger partial charge in [-0.3, -0.25) is 4.79 Å². The van der Waals surface area contributed by atoms with Crippen LogP contribution in [0.1, 0.15) is 142 Å². The van der Waals surface area contributed by atoms with E-state index in [-0.39, 0.29) is 0 Å². The van der Waals surface area contributed by atoms with Gasteiger partial charge in [0.25, 0.3) is 0 Å². The number of aliphatic carboxylic acids is 1. The van der Waals surface area contributed by atoms with Crippen LogP contribution < -0.4 is 0 Å². The van der Waals surface area contributed by atoms with Crippen molar-refractivity contribution in [3.8, 4) is 0 Å². The molecule has 160 valence electrons. The Kier molecular flexibility index (Phi) is 22.6. The van der Waals surface area contributed by atoms with E-state index >= 15 is 0 Å². The number of carbonyl (C=O) groups is 1. The van der Waals surface area contributed by atoms with Crippen LogP contribution in [0.25, 0.3) is 0 Å². The molecular weight excluding hydrogens is 332 g/mol. The van der Waals surface area contributed by atoms with E-state index in [1.165, 1.54) is 116 Å². The van der Waals surface area contributed by atoms with E-state index in [1.54, 1.807) is 0 Å². The van der Waals surface area contributed by atoms with Gasteiger partial charge < -0.3 is 5.11 Å². The average molecular weight is 381 g/mol. The summed E-state index contributed by atoms with van der Waals surface area (Å²) in [6.07, 6.45) is 31.6. The van der Waals surface area contributed by atoms with Crippen LogP contribution >= 0.6 is 0 Å². The SMILES string of the molecule is CCCCCCCCCCCCCCC=CCCCCCCCCC(=O)O. The van der Waals surface area contributed by atoms with Crippen molar-refractivity contribution in [1.82, 2.24) is 0 Å². The zero-order valence-corrected chi connectivity index (χ0v) is 18.4. The van der Waals surface area contributed by atoms with Crippen LogP contribution in [-0.2, 0) is 4.79 Å². The molecule has 0 unspecified atom stereocenters. The van der Waals surface area contributed by atoms with Crippen LogP contribution in [0.4, 0.5) is 0 Å². The van der Waals surface area contributed by atoms with Gasteiger partial charge in [0.2, 0.25) is 0 Å². The fraction of sp³-hybridized carbons (Fsp3) is 0.880. The number of unbranched alkanes of at least 4 members (excludes halogenated alkanes) is 18. The van der Waals surface area contributed by atoms with Gasteiger partial charge in [0, 0.05) is 6.42 Å². The lowest BCUT2D eigenvalue weighted by Crippen LogP contribution is -1.93. The number of carboxylic acid groups (broad SMARTS) is 1. The van der Waals surface area contributed by atoms with Gasteiger partial charge in [-0.25, -0.2) is 0 Å². The normalized spacial score (nSPS) is 11.4. The number of hydrogen-bond donors (Lipinski definition) is 1. The molecule has 0 aromatic carbocycles. The average Bonchev–Trinajstić information content (AvgIpc) is 2.65. The summed E-state index contributed by atoms with van der Waals surface area (Å²) < 4.78 is 0. The van der Waals surface area contributed by atoms with Crippen LogP contribution in [0.2, 0.25) is 0 Å². The second-order valence-corrected chi connectivity index (χ2v) is 8.20. The third-order valence-corrected chi connectivity index (χ3v) is 5.40. The smallest absolute Gasteiger partial charge is 0.303 e. The summed E-state index contributed by atoms with van der Waals surface area (Å²) in [5.41, 5.74) is 0. The molecule has 0 heterocycles. The first-order chi connectivity index (χ1) is 13.3. The molecule has 0 fully saturated rings. The first kappa shape index (κ1) is 26.2. The molecule has 0 aromatic heterocycles. The summed E-state index contributed by atoms with van der Waals surface area (Å²) >= 11 is 0. The van der Waals surface area contributed by atoms with E-state index in [9.17, 15) is 4.79 Å². The maximum atomic E-state index is 10.4. The van der Waals surface area contributed by atoms with Crippen LogP contribution in [0.5, 0.6) is 0 Å². The minimum absolute atomic E-state index is 0.335. The molecule has 0 aliphatic heterocycles. The van der Waals surface area contributed by atoms with Gasteiger partial charge in [0.05, 0.1) is 0 Å². The molecule has 0 bridgehead atoms. The Labute approximate surface area is 170 Å². The van der Waals surface area contributed by atoms with Crippen molar-refractivity contribution in [2.75, 3.05) is 0 Å². The third-order valence-electron chi connectivity index (χ3n) is 5.40. The molecule has 27 heavy (non-hydrogen) atoms. The highest BCUT2D eigenvalue weighted by Crippen LogP contribution is 2.13. The lowest BCUT2D eigenvalue weighted by atomic mass is 10.0. The Morgan fingerprint density at radius 3 is 1.26 bits per heavy atom. The molecule has 0 rings (SSSR count). The quantitative estimate of drug-likeness (QED) is 0.150. The van der Waals surface area contributed by atoms with Crippen molar-refractivity contribution in [2.24, 2.45) is 0 Å². The van der Waals surface area contributed by atoms with E-state index in [1.807, 2.05) is 0 Å². The van der Waals surface area contributed by atoms with Gasteiger partial charge in [0.15, 0.2) is 0 Å². The third kappa shape index (κ3) is 25.2. The highest BCUT2D eigenvalue weighted by molar-refractivity contribution is 5.66. The summed E-state index contributed by atoms with van der Waals surface area (Å²) in [6, 6.07) is 0. The van der Waals surface area contributed by atoms with Crippen LogP contribution in [-0.4, -0.2) is 11.1 Å². The molecule has 0 saturated carbocycles. The van der Waals surface area contributed by atoms with E-state index in [4.69, 9.17) is 5.11 Å². The van der Waals surface area contributed by atoms with Crippen molar-refractivity contribution in [2.45, 2.75) is 142 Å². The van der Waals surface area contributed by atoms with Gasteiger partial charge in [0.1, 0.15) is 0 Å². The van der Waals surface area contributed by atoms with Crippen LogP contribution in [0, 0.1) is 0 Å². The molecule has 0 aromatic rings. The van der Waals surface area contributed by atoms with Crippen LogP contribution in [0.3, 0.4) is 0 Å². The van der Waals surface area contributed by atoms with E-state index < -0.39 is 5.97 Å². The second kappa shape index (κ2) is 23.2. The second-order valence-electron chi connectivity index (χ2n) is 8.20. The molecular formula is C25H48O2. The molecule has 0 radical (unpaired) electrons. The van der Waals surface area contributed by atoms with E-state index in [0.29, 0.717) is 6.42 Å². The highest BCUT2D eigenvalue weighted by Gasteiger charge is 1.96. The first-order valence-electron chi connectivity index (χ1n) is 12.1. The van der Waals surface area contributed by atoms with Gasteiger partial charge in [-0.05, 0) is 32.1 Å². The van der Waals surface area contributed by atoms with Crippen molar-refractivity contribution in [1.29, 1.82) is 0 Å². The maximum absolute atomic E-state index is 10.4. The molecule has 2 nitrogen and oxygen atoms in total. The fourth-order valence-electron chi connectivity index (χ4n) is 3.58. The van der Waals surface area contributed by atoms with Crippen molar-refractivity contribution in [3.63, 3.8) is 0 Å². The van der Waals surface area contributed by atoms with Crippen LogP contribution in [0.15, 0.2) is 12.2 Å². The number of rotatable bonds is 22. The molecule has 0 aliphatic rings. The standard InChI is InChI=1S/C25H48O2/c1-2-3-4-5-6-7-8-9-10-11-12-13-14-15-16-17-18-19-20-21-22-23-24-25(26)27/h15-16H,2-14,17-24H2,1H3,(H,26,27). The summed E-state index contributed by atoms with van der Waals surface area (Å²) in [5.74, 6) is -0.659. The summed E-state index contributed by atoms with van der Waals surface area (Å²) in [6.45, 7) is 2.29. The lowest BCUT2D eigenvalue weighted by molar-refractivity contribution is -0.137. The zero-order valence-electron chi connectivity index (χ0n) is 18.4. The van der Waals surface area contributed by atoms with Gasteiger partial charge in [-0.15, -0.1) is 0 Å². The number of hydrogen-bond acceptors (Lipinski definition) is 1. The molecule has 0 saturated heterocycles. The molecule has 0 atom stereocenters. The summed E-state index contributed by atoms with van der Waals surface area (Å²) in [5, 5.41) is 8.57. The molecule has 0 spiro atoms. The van der Waals surface area contributed by atoms with Gasteiger partial charge in [-0.1, -0.05) is 115 Å². The van der Waals surface area contributed by atoms with Crippen molar-refractivity contribution >= 4 is 5.97 Å². The summed E-state index contributed by atoms with van der Waals surface area (Å²) in [4.78, 5) is 10.4. The highest BCUT2D eigenvalue weighted by atomic mass is 16.4. The molecule has 1 N–H and O–H groups in total. The van der Waals surface area contributed by atoms with Crippen molar-refractivity contribution < 1.29 is 9.90 Å². The molecule has 2 heteroatoms. The van der Waals surface area contributed by atoms with E-state index in [0.717, 1.165) is 12.8 Å². The monoisotopic (exact) mass is 380 g/mol. The topological polar surface area (TPSA) is 37.3 Å². The number of carboxylic acids is 1. The Balaban J connectivity index is 3.07. The van der Waals surface area contributed by atoms with Gasteiger partial charge >= 0.3 is 5.97 Å². The van der Waals surface area contributed by atoms with Gasteiger partial charge in [-0.2, -0.15) is 0 Å². The zero-order chi connectivity index (χ0) is 19.8. The number of allylic oxidation sites excluding steroid dienone is 2. The molecule has 0 aliphatic carbocycles. The fourth-order valence-corrected chi connectivity index (χ4v) is 3.58. The first-order valence-corrected chi connectivity index (χ1v) is 12.1. The summed E-state index contributed by atoms with van der Waals surface area (Å²) in [7, 11) is 0. The Hall–Kier alpha value is -0.790. The lowest BCUT2D eigenvalue weighted by Gasteiger charge is -2.02. The Morgan fingerprint density at radius 2 is 0.889 bits per heavy atom. The van der Waals surface area contributed by atoms with E-state index in [2.05, 4.69) is 19.1 Å². The predicted octanol–water partition coefficient (Wildman–Crippen LogP) is 8.84. The van der Waals surface area contributed by atoms with Crippen molar-refractivity contribution in [3.05, 3.63) is 12.2 Å².